The smallest absolute Gasteiger partial charge is 0.269 e. The van der Waals surface area contributed by atoms with Crippen LogP contribution in [-0.4, -0.2) is 21.9 Å². The van der Waals surface area contributed by atoms with Crippen LogP contribution in [-0.2, 0) is 4.79 Å². The van der Waals surface area contributed by atoms with Crippen molar-refractivity contribution in [3.63, 3.8) is 0 Å². The van der Waals surface area contributed by atoms with Crippen molar-refractivity contribution in [1.29, 1.82) is 0 Å². The van der Waals surface area contributed by atoms with Crippen LogP contribution in [0, 0.1) is 10.1 Å². The lowest BCUT2D eigenvalue weighted by Crippen LogP contribution is -2.46. The highest BCUT2D eigenvalue weighted by molar-refractivity contribution is 5.72. The van der Waals surface area contributed by atoms with Crippen LogP contribution < -0.4 is 5.43 Å². The highest BCUT2D eigenvalue weighted by Crippen LogP contribution is 2.36. The van der Waals surface area contributed by atoms with E-state index in [0.717, 1.165) is 11.1 Å². The molecule has 3 rings (SSSR count). The van der Waals surface area contributed by atoms with E-state index in [1.165, 1.54) is 19.1 Å². The van der Waals surface area contributed by atoms with Crippen molar-refractivity contribution < 1.29 is 9.72 Å². The Labute approximate surface area is 127 Å². The maximum atomic E-state index is 11.5. The number of rotatable bonds is 3. The summed E-state index contributed by atoms with van der Waals surface area (Å²) < 4.78 is 0. The van der Waals surface area contributed by atoms with Crippen LogP contribution >= 0.6 is 0 Å². The van der Waals surface area contributed by atoms with Crippen LogP contribution in [0.5, 0.6) is 0 Å². The fraction of sp³-hybridized carbons (Fsp3) is 0.188. The van der Waals surface area contributed by atoms with E-state index in [9.17, 15) is 14.9 Å². The Morgan fingerprint density at radius 2 is 1.95 bits per heavy atom. The molecule has 22 heavy (non-hydrogen) atoms. The van der Waals surface area contributed by atoms with Crippen LogP contribution in [0.1, 0.15) is 18.5 Å². The number of hydrogen-bond donors (Lipinski definition) is 1. The first kappa shape index (κ1) is 14.2. The van der Waals surface area contributed by atoms with Crippen molar-refractivity contribution in [3.8, 4) is 0 Å². The molecule has 0 bridgehead atoms. The summed E-state index contributed by atoms with van der Waals surface area (Å²) in [6, 6.07) is 6.23. The number of carbonyl (C=O) groups excluding carboxylic acids is 1. The normalized spacial score (nSPS) is 23.0. The highest BCUT2D eigenvalue weighted by Gasteiger charge is 2.34. The Morgan fingerprint density at radius 1 is 1.23 bits per heavy atom. The van der Waals surface area contributed by atoms with Gasteiger partial charge in [0, 0.05) is 19.1 Å². The molecule has 0 saturated heterocycles. The first-order chi connectivity index (χ1) is 10.6. The number of fused-ring (bicyclic) bond motifs is 1. The quantitative estimate of drug-likeness (QED) is 0.686. The zero-order valence-corrected chi connectivity index (χ0v) is 12.0. The predicted octanol–water partition coefficient (Wildman–Crippen LogP) is 2.42. The maximum absolute atomic E-state index is 11.5. The Morgan fingerprint density at radius 3 is 2.59 bits per heavy atom. The fourth-order valence-electron chi connectivity index (χ4n) is 2.76. The Bertz CT molecular complexity index is 704. The van der Waals surface area contributed by atoms with E-state index in [-0.39, 0.29) is 23.7 Å². The summed E-state index contributed by atoms with van der Waals surface area (Å²) in [6.45, 7) is 1.47. The third-order valence-corrected chi connectivity index (χ3v) is 3.72. The van der Waals surface area contributed by atoms with Crippen LogP contribution in [0.2, 0.25) is 0 Å². The molecule has 112 valence electrons. The van der Waals surface area contributed by atoms with Gasteiger partial charge in [-0.15, -0.1) is 0 Å². The molecule has 0 fully saturated rings. The molecule has 1 aliphatic heterocycles. The first-order valence-corrected chi connectivity index (χ1v) is 6.93. The van der Waals surface area contributed by atoms with Gasteiger partial charge in [0.15, 0.2) is 0 Å². The molecule has 6 heteroatoms. The lowest BCUT2D eigenvalue weighted by atomic mass is 10.0. The number of benzene rings is 1. The molecule has 6 nitrogen and oxygen atoms in total. The monoisotopic (exact) mass is 297 g/mol. The largest absolute Gasteiger partial charge is 0.287 e. The molecule has 0 aromatic heterocycles. The number of nitrogens with zero attached hydrogens (tertiary/aromatic N) is 2. The van der Waals surface area contributed by atoms with Crippen molar-refractivity contribution in [1.82, 2.24) is 10.4 Å². The van der Waals surface area contributed by atoms with Gasteiger partial charge in [0.05, 0.1) is 17.0 Å². The van der Waals surface area contributed by atoms with Crippen molar-refractivity contribution >= 4 is 11.6 Å². The van der Waals surface area contributed by atoms with Gasteiger partial charge in [-0.1, -0.05) is 42.5 Å². The second kappa shape index (κ2) is 5.57. The standard InChI is InChI=1S/C16H15N3O3/c1-11(20)17-18-15-5-3-2-4-13(15)10-16(18)12-6-8-14(9-7-12)19(21)22/h2-10,15-16H,1H3,(H,17,20). The van der Waals surface area contributed by atoms with Gasteiger partial charge in [0.1, 0.15) is 0 Å². The minimum Gasteiger partial charge on any atom is -0.287 e. The molecule has 2 unspecified atom stereocenters. The molecule has 0 spiro atoms. The third-order valence-electron chi connectivity index (χ3n) is 3.72. The first-order valence-electron chi connectivity index (χ1n) is 6.93. The minimum atomic E-state index is -0.423. The van der Waals surface area contributed by atoms with Gasteiger partial charge in [-0.05, 0) is 11.1 Å². The second-order valence-electron chi connectivity index (χ2n) is 5.22. The summed E-state index contributed by atoms with van der Waals surface area (Å²) in [4.78, 5) is 21.8. The lowest BCUT2D eigenvalue weighted by Gasteiger charge is -2.30. The summed E-state index contributed by atoms with van der Waals surface area (Å²) in [7, 11) is 0. The van der Waals surface area contributed by atoms with E-state index < -0.39 is 4.92 Å². The third kappa shape index (κ3) is 2.56. The summed E-state index contributed by atoms with van der Waals surface area (Å²) in [5.74, 6) is -0.149. The average molecular weight is 297 g/mol. The molecule has 0 saturated carbocycles. The topological polar surface area (TPSA) is 75.5 Å². The number of non-ortho nitro benzene ring substituents is 1. The number of nitro groups is 1. The Hall–Kier alpha value is -2.73. The van der Waals surface area contributed by atoms with E-state index in [2.05, 4.69) is 11.5 Å². The average Bonchev–Trinajstić information content (AvgIpc) is 2.86. The van der Waals surface area contributed by atoms with Crippen LogP contribution in [0.25, 0.3) is 0 Å². The van der Waals surface area contributed by atoms with Crippen LogP contribution in [0.15, 0.2) is 60.2 Å². The molecular weight excluding hydrogens is 282 g/mol. The predicted molar refractivity (Wildman–Crippen MR) is 81.6 cm³/mol. The number of nitro benzene ring substituents is 1. The van der Waals surface area contributed by atoms with E-state index in [0.29, 0.717) is 0 Å². The number of amides is 1. The summed E-state index contributed by atoms with van der Waals surface area (Å²) >= 11 is 0. The minimum absolute atomic E-state index is 0.0194. The van der Waals surface area contributed by atoms with Gasteiger partial charge in [-0.25, -0.2) is 0 Å². The van der Waals surface area contributed by atoms with Gasteiger partial charge in [0.25, 0.3) is 5.69 Å². The SMILES string of the molecule is CC(=O)NN1C2C=CC=CC2=CC1c1ccc([N+](=O)[O-])cc1. The lowest BCUT2D eigenvalue weighted by molar-refractivity contribution is -0.384. The van der Waals surface area contributed by atoms with Gasteiger partial charge in [-0.3, -0.25) is 20.3 Å². The molecule has 1 N–H and O–H groups in total. The van der Waals surface area contributed by atoms with Crippen molar-refractivity contribution in [2.24, 2.45) is 0 Å². The summed E-state index contributed by atoms with van der Waals surface area (Å²) in [6.07, 6.45) is 9.96. The van der Waals surface area contributed by atoms with E-state index >= 15 is 0 Å². The number of hydrogen-bond acceptors (Lipinski definition) is 4. The summed E-state index contributed by atoms with van der Waals surface area (Å²) in [5.41, 5.74) is 4.89. The van der Waals surface area contributed by atoms with Crippen molar-refractivity contribution in [2.75, 3.05) is 0 Å². The van der Waals surface area contributed by atoms with E-state index in [1.54, 1.807) is 12.1 Å². The van der Waals surface area contributed by atoms with Gasteiger partial charge >= 0.3 is 0 Å². The second-order valence-corrected chi connectivity index (χ2v) is 5.22. The molecule has 2 aliphatic rings. The van der Waals surface area contributed by atoms with Crippen molar-refractivity contribution in [2.45, 2.75) is 19.0 Å². The highest BCUT2D eigenvalue weighted by atomic mass is 16.6. The molecule has 2 atom stereocenters. The number of nitrogens with one attached hydrogen (secondary N) is 1. The Kier molecular flexibility index (Phi) is 3.60. The van der Waals surface area contributed by atoms with Gasteiger partial charge in [-0.2, -0.15) is 5.01 Å². The molecular formula is C16H15N3O3. The zero-order valence-electron chi connectivity index (χ0n) is 12.0. The Balaban J connectivity index is 1.94. The zero-order chi connectivity index (χ0) is 15.7. The van der Waals surface area contributed by atoms with E-state index in [4.69, 9.17) is 0 Å². The number of carbonyl (C=O) groups is 1. The fourth-order valence-corrected chi connectivity index (χ4v) is 2.76. The molecule has 1 aliphatic carbocycles. The van der Waals surface area contributed by atoms with Crippen LogP contribution in [0.3, 0.4) is 0 Å². The summed E-state index contributed by atoms with van der Waals surface area (Å²) in [5, 5.41) is 12.6. The number of hydrazine groups is 1. The molecule has 1 aromatic rings. The maximum Gasteiger partial charge on any atom is 0.269 e. The molecule has 1 amide bonds. The van der Waals surface area contributed by atoms with E-state index in [1.807, 2.05) is 29.3 Å². The molecule has 0 radical (unpaired) electrons. The van der Waals surface area contributed by atoms with Crippen LogP contribution in [0.4, 0.5) is 5.69 Å². The van der Waals surface area contributed by atoms with Gasteiger partial charge in [0.2, 0.25) is 5.91 Å². The van der Waals surface area contributed by atoms with Gasteiger partial charge < -0.3 is 0 Å². The number of allylic oxidation sites excluding steroid dienone is 2. The molecule has 1 heterocycles. The van der Waals surface area contributed by atoms with Crippen molar-refractivity contribution in [3.05, 3.63) is 75.9 Å². The molecule has 1 aromatic carbocycles.